The molecule has 0 aliphatic heterocycles. The van der Waals surface area contributed by atoms with Gasteiger partial charge in [-0.15, -0.1) is 10.2 Å². The van der Waals surface area contributed by atoms with Crippen molar-refractivity contribution in [2.45, 2.75) is 24.4 Å². The molecule has 5 N–H and O–H groups in total. The van der Waals surface area contributed by atoms with Gasteiger partial charge in [-0.2, -0.15) is 17.6 Å². The minimum atomic E-state index is -5.79. The number of esters is 1. The predicted molar refractivity (Wildman–Crippen MR) is 336 cm³/mol. The highest BCUT2D eigenvalue weighted by Crippen LogP contribution is 2.61. The maximum absolute atomic E-state index is 14.4. The van der Waals surface area contributed by atoms with E-state index in [0.29, 0.717) is 62.2 Å². The van der Waals surface area contributed by atoms with Gasteiger partial charge in [0.15, 0.2) is 0 Å². The first-order valence-electron chi connectivity index (χ1n) is 25.6. The second-order valence-corrected chi connectivity index (χ2v) is 25.7. The lowest BCUT2D eigenvalue weighted by Gasteiger charge is -2.23. The second kappa shape index (κ2) is 28.0. The molecular weight excluding hydrogens is 1460 g/mol. The third kappa shape index (κ3) is 16.0. The van der Waals surface area contributed by atoms with Crippen molar-refractivity contribution in [1.82, 2.24) is 20.4 Å². The largest absolute Gasteiger partial charge is 0.478 e. The average molecular weight is 1500 g/mol. The predicted octanol–water partition coefficient (Wildman–Crippen LogP) is 17.8. The molecule has 0 amide bonds. The van der Waals surface area contributed by atoms with E-state index in [9.17, 15) is 41.4 Å². The number of ether oxygens (including phenoxy) is 3. The molecule has 0 fully saturated rings. The van der Waals surface area contributed by atoms with E-state index in [4.69, 9.17) is 89.0 Å². The maximum atomic E-state index is 14.4. The number of aromatic carboxylic acids is 1. The highest BCUT2D eigenvalue weighted by Gasteiger charge is 2.52. The first-order chi connectivity index (χ1) is 43.0. The van der Waals surface area contributed by atoms with Crippen molar-refractivity contribution in [1.29, 1.82) is 0 Å². The molecule has 0 atom stereocenters. The number of carbonyl (C=O) groups excluding carboxylic acids is 1. The summed E-state index contributed by atoms with van der Waals surface area (Å²) in [6, 6.07) is 42.4. The van der Waals surface area contributed by atoms with Crippen molar-refractivity contribution in [3.63, 3.8) is 0 Å². The van der Waals surface area contributed by atoms with Crippen LogP contribution in [0.3, 0.4) is 0 Å². The molecule has 0 unspecified atom stereocenters. The fourth-order valence-corrected chi connectivity index (χ4v) is 11.6. The number of methoxy groups -OCH3 is 1. The van der Waals surface area contributed by atoms with Gasteiger partial charge in [0, 0.05) is 42.6 Å². The van der Waals surface area contributed by atoms with E-state index in [1.807, 2.05) is 0 Å². The Balaban J connectivity index is 0.000000215. The maximum Gasteiger partial charge on any atom is 0.399 e. The molecule has 0 aliphatic carbocycles. The van der Waals surface area contributed by atoms with E-state index in [2.05, 4.69) is 52.3 Å². The van der Waals surface area contributed by atoms with Crippen LogP contribution in [0, 0.1) is 0 Å². The third-order valence-corrected chi connectivity index (χ3v) is 17.6. The van der Waals surface area contributed by atoms with Gasteiger partial charge in [0.2, 0.25) is 11.8 Å². The number of aromatic nitrogens is 4. The molecule has 8 aromatic carbocycles. The quantitative estimate of drug-likeness (QED) is 0.0269. The van der Waals surface area contributed by atoms with Crippen LogP contribution in [0.2, 0.25) is 20.1 Å². The van der Waals surface area contributed by atoms with Crippen LogP contribution in [-0.2, 0) is 38.3 Å². The average Bonchev–Trinajstić information content (AvgIpc) is 1.13. The summed E-state index contributed by atoms with van der Waals surface area (Å²) in [4.78, 5) is 62.9. The Hall–Kier alpha value is -7.68. The minimum Gasteiger partial charge on any atom is -0.478 e. The molecule has 0 aliphatic rings. The molecule has 10 rings (SSSR count). The van der Waals surface area contributed by atoms with Crippen LogP contribution in [0.1, 0.15) is 43.0 Å². The van der Waals surface area contributed by atoms with Crippen LogP contribution in [0.15, 0.2) is 188 Å². The summed E-state index contributed by atoms with van der Waals surface area (Å²) in [5.41, 5.74) is -7.43. The van der Waals surface area contributed by atoms with Crippen LogP contribution in [0.25, 0.3) is 22.9 Å². The standard InChI is InChI=1S/C30H21BrCl2F2N3O7P.C29H19BrCl2F2N3O7P/c1-43-28(39)19-5-3-7-22(14-19)44-21-6-2-4-18(13-21)27-36-37-29(45-27)38(20-9-11-25(32)26(33)15-20)16-17-8-10-23(24(31)12-17)30(34,35)46(40,41)42;30-23-11-16(7-9-22(23)29(33,34)45(40,41)42)15-37(19-8-10-24(31)25(32)14-19)28-36-35-26(44-28)17-3-1-5-20(12-17)43-21-6-2-4-18(13-21)27(38)39/h2-15H,16H2,1H3,(H2,40,41,42);1-14H,15H2,(H,38,39)(H2,40,41,42). The first-order valence-corrected chi connectivity index (χ1v) is 32.0. The van der Waals surface area contributed by atoms with Gasteiger partial charge in [-0.3, -0.25) is 18.9 Å². The highest BCUT2D eigenvalue weighted by molar-refractivity contribution is 9.10. The Morgan fingerprint density at radius 1 is 0.516 bits per heavy atom. The van der Waals surface area contributed by atoms with Gasteiger partial charge >= 0.3 is 50.5 Å². The molecular formula is C59H40Br2Cl4F4N6O14P2. The van der Waals surface area contributed by atoms with Gasteiger partial charge in [-0.25, -0.2) is 9.59 Å². The number of hydrogen-bond donors (Lipinski definition) is 5. The van der Waals surface area contributed by atoms with Crippen LogP contribution < -0.4 is 19.3 Å². The molecule has 10 aromatic rings. The zero-order chi connectivity index (χ0) is 65.7. The molecule has 0 radical (unpaired) electrons. The Morgan fingerprint density at radius 3 is 1.27 bits per heavy atom. The molecule has 0 spiro atoms. The lowest BCUT2D eigenvalue weighted by molar-refractivity contribution is 0.0557. The number of benzene rings is 8. The fraction of sp³-hybridized carbons (Fsp3) is 0.0847. The number of alkyl halides is 4. The first kappa shape index (κ1) is 67.7. The minimum absolute atomic E-state index is 0.00577. The summed E-state index contributed by atoms with van der Waals surface area (Å²) in [5, 5.41) is 26.9. The zero-order valence-corrected chi connectivity index (χ0v) is 53.8. The van der Waals surface area contributed by atoms with Crippen molar-refractivity contribution >= 4 is 129 Å². The van der Waals surface area contributed by atoms with Crippen molar-refractivity contribution in [2.75, 3.05) is 16.9 Å². The van der Waals surface area contributed by atoms with Crippen LogP contribution in [0.4, 0.5) is 41.0 Å². The summed E-state index contributed by atoms with van der Waals surface area (Å²) in [6.45, 7) is -0.0390. The smallest absolute Gasteiger partial charge is 0.399 e. The molecule has 0 saturated heterocycles. The molecule has 2 heterocycles. The van der Waals surface area contributed by atoms with Gasteiger partial charge < -0.3 is 47.7 Å². The zero-order valence-electron chi connectivity index (χ0n) is 45.8. The molecule has 2 aromatic heterocycles. The van der Waals surface area contributed by atoms with Crippen LogP contribution in [0.5, 0.6) is 23.0 Å². The number of rotatable bonds is 20. The highest BCUT2D eigenvalue weighted by atomic mass is 79.9. The van der Waals surface area contributed by atoms with Gasteiger partial charge in [0.05, 0.1) is 51.4 Å². The van der Waals surface area contributed by atoms with Crippen molar-refractivity contribution < 1.29 is 84.0 Å². The van der Waals surface area contributed by atoms with Gasteiger partial charge in [0.25, 0.3) is 0 Å². The van der Waals surface area contributed by atoms with E-state index in [1.165, 1.54) is 49.6 Å². The fourth-order valence-electron chi connectivity index (χ4n) is 8.36. The van der Waals surface area contributed by atoms with E-state index in [-0.39, 0.29) is 71.5 Å². The number of carboxylic acid groups (broad SMARTS) is 1. The Kier molecular flexibility index (Phi) is 20.9. The van der Waals surface area contributed by atoms with E-state index >= 15 is 0 Å². The van der Waals surface area contributed by atoms with E-state index < -0.39 is 49.6 Å². The number of halogens is 10. The molecule has 470 valence electrons. The topological polar surface area (TPSA) is 281 Å². The molecule has 91 heavy (non-hydrogen) atoms. The van der Waals surface area contributed by atoms with Crippen molar-refractivity contribution in [3.8, 4) is 45.9 Å². The van der Waals surface area contributed by atoms with Crippen LogP contribution >= 0.6 is 93.5 Å². The Bertz CT molecular complexity index is 4490. The third-order valence-electron chi connectivity index (χ3n) is 12.8. The number of carbonyl (C=O) groups is 2. The van der Waals surface area contributed by atoms with E-state index in [1.54, 1.807) is 125 Å². The number of hydrogen-bond acceptors (Lipinski definition) is 15. The summed E-state index contributed by atoms with van der Waals surface area (Å²) >= 11 is 30.8. The normalized spacial score (nSPS) is 11.8. The molecule has 0 bridgehead atoms. The Labute approximate surface area is 549 Å². The lowest BCUT2D eigenvalue weighted by atomic mass is 10.1. The molecule has 32 heteroatoms. The van der Waals surface area contributed by atoms with E-state index in [0.717, 1.165) is 12.1 Å². The summed E-state index contributed by atoms with van der Waals surface area (Å²) in [7, 11) is -10.3. The SMILES string of the molecule is COC(=O)c1cccc(Oc2cccc(-c3nnc(N(Cc4ccc(C(F)(F)P(=O)(O)O)c(Br)c4)c4ccc(Cl)c(Cl)c4)o3)c2)c1.O=C(O)c1cccc(Oc2cccc(-c3nnc(N(Cc4ccc(C(F)(F)P(=O)(O)O)c(Br)c4)c4ccc(Cl)c(Cl)c4)o3)c2)c1. The van der Waals surface area contributed by atoms with Gasteiger partial charge in [-0.05, 0) is 132 Å². The summed E-state index contributed by atoms with van der Waals surface area (Å²) in [6.07, 6.45) is 0. The molecule has 20 nitrogen and oxygen atoms in total. The second-order valence-electron chi connectivity index (χ2n) is 19.1. The summed E-state index contributed by atoms with van der Waals surface area (Å²) in [5.74, 6) is 0.0932. The summed E-state index contributed by atoms with van der Waals surface area (Å²) < 4.78 is 109. The van der Waals surface area contributed by atoms with Crippen molar-refractivity contribution in [3.05, 3.63) is 232 Å². The number of carboxylic acids is 1. The lowest BCUT2D eigenvalue weighted by Crippen LogP contribution is -2.18. The molecule has 0 saturated carbocycles. The monoisotopic (exact) mass is 1490 g/mol. The van der Waals surface area contributed by atoms with Gasteiger partial charge in [0.1, 0.15) is 23.0 Å². The Morgan fingerprint density at radius 2 is 0.901 bits per heavy atom. The number of anilines is 4. The van der Waals surface area contributed by atoms with Crippen LogP contribution in [-0.4, -0.2) is 64.1 Å². The van der Waals surface area contributed by atoms with Gasteiger partial charge in [-0.1, -0.05) is 137 Å². The van der Waals surface area contributed by atoms with Crippen molar-refractivity contribution in [2.24, 2.45) is 0 Å². The number of nitrogens with zero attached hydrogens (tertiary/aromatic N) is 6.